The molecule has 1 unspecified atom stereocenters. The van der Waals surface area contributed by atoms with Gasteiger partial charge in [-0.25, -0.2) is 0 Å². The van der Waals surface area contributed by atoms with Gasteiger partial charge in [-0.3, -0.25) is 0 Å². The Labute approximate surface area is 189 Å². The van der Waals surface area contributed by atoms with Gasteiger partial charge in [0.15, 0.2) is 0 Å². The number of benzene rings is 1. The van der Waals surface area contributed by atoms with Gasteiger partial charge in [-0.2, -0.15) is 0 Å². The van der Waals surface area contributed by atoms with E-state index in [0.717, 1.165) is 19.3 Å². The molecule has 0 spiro atoms. The quantitative estimate of drug-likeness (QED) is 0.646. The van der Waals surface area contributed by atoms with Crippen LogP contribution in [0.2, 0.25) is 0 Å². The molecule has 9 heteroatoms. The van der Waals surface area contributed by atoms with Gasteiger partial charge in [0.25, 0.3) is 0 Å². The number of piperidine rings is 1. The topological polar surface area (TPSA) is 87.7 Å². The maximum atomic E-state index is 14.5. The number of halogens is 1. The molecule has 2 fully saturated rings. The van der Waals surface area contributed by atoms with Crippen LogP contribution in [-0.4, -0.2) is 67.0 Å². The third-order valence-corrected chi connectivity index (χ3v) is 6.07. The third-order valence-electron chi connectivity index (χ3n) is 6.07. The molecule has 4 atom stereocenters. The van der Waals surface area contributed by atoms with E-state index in [1.165, 1.54) is 24.9 Å². The molecule has 3 rings (SSSR count). The molecule has 0 aromatic heterocycles. The molecule has 1 saturated carbocycles. The number of nitrogens with zero attached hydrogens (tertiary/aromatic N) is 1. The average molecular weight is 443 g/mol. The van der Waals surface area contributed by atoms with Gasteiger partial charge in [0.2, 0.25) is 0 Å². The van der Waals surface area contributed by atoms with Crippen LogP contribution < -0.4 is 16.1 Å². The van der Waals surface area contributed by atoms with Gasteiger partial charge in [-0.1, -0.05) is 0 Å². The molecule has 1 aromatic carbocycles. The van der Waals surface area contributed by atoms with Crippen LogP contribution in [0.1, 0.15) is 45.6 Å². The molecule has 172 valence electrons. The summed E-state index contributed by atoms with van der Waals surface area (Å²) < 4.78 is 20.0. The Kier molecular flexibility index (Phi) is 7.05. The Morgan fingerprint density at radius 2 is 2.03 bits per heavy atom. The number of hydrogen-bond donors (Lipinski definition) is 2. The fourth-order valence-corrected chi connectivity index (χ4v) is 4.62. The van der Waals surface area contributed by atoms with Crippen LogP contribution in [0.25, 0.3) is 0 Å². The van der Waals surface area contributed by atoms with Crippen molar-refractivity contribution in [1.29, 1.82) is 0 Å². The second-order valence-electron chi connectivity index (χ2n) is 9.49. The molecule has 32 heavy (non-hydrogen) atoms. The fraction of sp³-hybridized carbons (Fsp3) is 0.565. The van der Waals surface area contributed by atoms with Gasteiger partial charge in [0.05, 0.1) is 0 Å². The molecule has 1 saturated heterocycles. The zero-order chi connectivity index (χ0) is 23.6. The zero-order valence-electron chi connectivity index (χ0n) is 19.1. The Hall–Kier alpha value is -2.71. The first-order valence-electron chi connectivity index (χ1n) is 11.0. The SMILES string of the molecule is C=Bc1ccc(C[C@H](NC(=O)C2[C@H]3CC[C@H](C3)N2C(=O)OC(C)(C)C)C(=O)NC)c(F)c1. The number of likely N-dealkylation sites (tertiary alicyclic amines) is 1. The summed E-state index contributed by atoms with van der Waals surface area (Å²) in [5, 5.41) is 5.28. The van der Waals surface area contributed by atoms with Crippen LogP contribution in [0.15, 0.2) is 18.2 Å². The molecule has 3 amide bonds. The number of hydrogen-bond acceptors (Lipinski definition) is 4. The second-order valence-corrected chi connectivity index (χ2v) is 9.49. The molecule has 2 N–H and O–H groups in total. The van der Waals surface area contributed by atoms with Gasteiger partial charge in [-0.05, 0) is 20.8 Å². The van der Waals surface area contributed by atoms with Crippen molar-refractivity contribution in [2.45, 2.75) is 70.2 Å². The molecule has 1 aliphatic heterocycles. The fourth-order valence-electron chi connectivity index (χ4n) is 4.62. The Morgan fingerprint density at radius 3 is 2.62 bits per heavy atom. The van der Waals surface area contributed by atoms with Crippen molar-refractivity contribution < 1.29 is 23.5 Å². The summed E-state index contributed by atoms with van der Waals surface area (Å²) >= 11 is 0. The van der Waals surface area contributed by atoms with Crippen molar-refractivity contribution >= 4 is 36.8 Å². The summed E-state index contributed by atoms with van der Waals surface area (Å²) in [6.45, 7) is 10.5. The van der Waals surface area contributed by atoms with Crippen LogP contribution in [0, 0.1) is 11.7 Å². The van der Waals surface area contributed by atoms with E-state index in [1.807, 2.05) is 0 Å². The van der Waals surface area contributed by atoms with Crippen molar-refractivity contribution in [3.05, 3.63) is 29.6 Å². The van der Waals surface area contributed by atoms with E-state index in [9.17, 15) is 18.8 Å². The molecule has 2 aliphatic rings. The Balaban J connectivity index is 1.78. The third kappa shape index (κ3) is 5.19. The standard InChI is InChI=1S/C23H31BFN3O4/c1-23(2,3)32-22(31)28-16-9-7-14(10-16)19(28)21(30)27-18(20(29)26-5)11-13-6-8-15(24-4)12-17(13)25/h6,8,12,14,16,18-19H,4,7,9-11H2,1-3,5H3,(H,26,29)(H,27,30)/t14-,16+,18-,19?/m0/s1. The Morgan fingerprint density at radius 1 is 1.31 bits per heavy atom. The molecular weight excluding hydrogens is 412 g/mol. The molecule has 0 radical (unpaired) electrons. The second kappa shape index (κ2) is 9.42. The molecule has 1 aromatic rings. The van der Waals surface area contributed by atoms with E-state index in [0.29, 0.717) is 11.0 Å². The van der Waals surface area contributed by atoms with E-state index < -0.39 is 41.4 Å². The summed E-state index contributed by atoms with van der Waals surface area (Å²) in [6.07, 6.45) is 1.87. The maximum absolute atomic E-state index is 14.5. The number of fused-ring (bicyclic) bond motifs is 2. The van der Waals surface area contributed by atoms with Gasteiger partial charge in [0, 0.05) is 0 Å². The average Bonchev–Trinajstić information content (AvgIpc) is 3.34. The monoisotopic (exact) mass is 443 g/mol. The first-order chi connectivity index (χ1) is 15.0. The first-order valence-corrected chi connectivity index (χ1v) is 11.0. The van der Waals surface area contributed by atoms with Crippen molar-refractivity contribution in [2.24, 2.45) is 5.92 Å². The van der Waals surface area contributed by atoms with Crippen molar-refractivity contribution in [3.63, 3.8) is 0 Å². The molecule has 2 bridgehead atoms. The van der Waals surface area contributed by atoms with Gasteiger partial charge in [0.1, 0.15) is 5.60 Å². The van der Waals surface area contributed by atoms with Gasteiger partial charge in [-0.15, -0.1) is 0 Å². The van der Waals surface area contributed by atoms with E-state index in [1.54, 1.807) is 32.9 Å². The van der Waals surface area contributed by atoms with Crippen LogP contribution in [0.3, 0.4) is 0 Å². The normalized spacial score (nSPS) is 22.8. The van der Waals surface area contributed by atoms with Crippen molar-refractivity contribution in [2.75, 3.05) is 7.05 Å². The van der Waals surface area contributed by atoms with Gasteiger partial charge < -0.3 is 0 Å². The summed E-state index contributed by atoms with van der Waals surface area (Å²) in [4.78, 5) is 40.1. The number of likely N-dealkylation sites (N-methyl/N-ethyl adjacent to an activating group) is 1. The molecule has 7 nitrogen and oxygen atoms in total. The molecule has 1 heterocycles. The van der Waals surface area contributed by atoms with Crippen LogP contribution in [0.5, 0.6) is 0 Å². The number of amides is 3. The first kappa shape index (κ1) is 23.9. The number of ether oxygens (including phenoxy) is 1. The van der Waals surface area contributed by atoms with Crippen molar-refractivity contribution in [1.82, 2.24) is 15.5 Å². The predicted molar refractivity (Wildman–Crippen MR) is 122 cm³/mol. The summed E-state index contributed by atoms with van der Waals surface area (Å²) in [7, 11) is 1.46. The Bertz CT molecular complexity index is 917. The van der Waals surface area contributed by atoms with Crippen LogP contribution in [-0.2, 0) is 20.7 Å². The number of carbonyl (C=O) groups excluding carboxylic acids is 3. The van der Waals surface area contributed by atoms with Crippen LogP contribution >= 0.6 is 0 Å². The molecular formula is C23H31BFN3O4. The van der Waals surface area contributed by atoms with Crippen LogP contribution in [0.4, 0.5) is 9.18 Å². The number of carbonyl (C=O) groups is 3. The minimum atomic E-state index is -0.976. The van der Waals surface area contributed by atoms with E-state index >= 15 is 0 Å². The zero-order valence-corrected chi connectivity index (χ0v) is 19.1. The van der Waals surface area contributed by atoms with E-state index in [-0.39, 0.29) is 18.4 Å². The van der Waals surface area contributed by atoms with Crippen molar-refractivity contribution in [3.8, 4) is 0 Å². The summed E-state index contributed by atoms with van der Waals surface area (Å²) in [5.74, 6) is -1.31. The number of nitrogens with one attached hydrogen (secondary N) is 2. The predicted octanol–water partition coefficient (Wildman–Crippen LogP) is 1.15. The summed E-state index contributed by atoms with van der Waals surface area (Å²) in [6, 6.07) is 2.89. The van der Waals surface area contributed by atoms with E-state index in [2.05, 4.69) is 17.1 Å². The molecule has 1 aliphatic carbocycles. The number of rotatable bonds is 6. The van der Waals surface area contributed by atoms with E-state index in [4.69, 9.17) is 4.74 Å². The summed E-state index contributed by atoms with van der Waals surface area (Å²) in [5.41, 5.74) is 0.253. The van der Waals surface area contributed by atoms with Gasteiger partial charge >= 0.3 is 162 Å². The minimum absolute atomic E-state index is 0.0120.